The molecule has 0 amide bonds. The number of hydrogen-bond acceptors (Lipinski definition) is 18. The van der Waals surface area contributed by atoms with Crippen molar-refractivity contribution in [2.45, 2.75) is 50.0 Å². The van der Waals surface area contributed by atoms with Gasteiger partial charge in [0.1, 0.15) is 24.9 Å². The van der Waals surface area contributed by atoms with Gasteiger partial charge in [-0.3, -0.25) is 30.1 Å². The molecule has 0 aromatic heterocycles. The van der Waals surface area contributed by atoms with Crippen molar-refractivity contribution < 1.29 is 59.2 Å². The predicted octanol–water partition coefficient (Wildman–Crippen LogP) is -2.83. The fourth-order valence-corrected chi connectivity index (χ4v) is 2.49. The quantitative estimate of drug-likeness (QED) is 0.0996. The highest BCUT2D eigenvalue weighted by atomic mass is 16.8. The Hall–Kier alpha value is -2.07. The van der Waals surface area contributed by atoms with Crippen molar-refractivity contribution in [2.75, 3.05) is 26.2 Å². The third-order valence-corrected chi connectivity index (χ3v) is 4.09. The minimum atomic E-state index is -1.98. The van der Waals surface area contributed by atoms with Crippen LogP contribution in [0.15, 0.2) is 0 Å². The number of hydrogen-bond donors (Lipinski definition) is 5. The van der Waals surface area contributed by atoms with Gasteiger partial charge >= 0.3 is 17.9 Å². The second-order valence-corrected chi connectivity index (χ2v) is 6.63. The average molecular weight is 486 g/mol. The average Bonchev–Trinajstić information content (AvgIpc) is 2.73. The number of rotatable bonds is 13. The van der Waals surface area contributed by atoms with Crippen molar-refractivity contribution in [2.24, 2.45) is 0 Å². The van der Waals surface area contributed by atoms with Crippen LogP contribution >= 0.6 is 0 Å². The van der Waals surface area contributed by atoms with Gasteiger partial charge in [0.2, 0.25) is 6.29 Å². The van der Waals surface area contributed by atoms with Gasteiger partial charge in [-0.2, -0.15) is 0 Å². The van der Waals surface area contributed by atoms with Crippen LogP contribution in [0.3, 0.4) is 0 Å². The minimum absolute atomic E-state index is 0.519. The first-order valence-electron chi connectivity index (χ1n) is 9.37. The van der Waals surface area contributed by atoms with Crippen LogP contribution in [0.1, 0.15) is 19.3 Å². The molecule has 33 heavy (non-hydrogen) atoms. The monoisotopic (exact) mass is 486 g/mol. The van der Waals surface area contributed by atoms with Crippen LogP contribution in [0, 0.1) is 15.6 Å². The van der Waals surface area contributed by atoms with Crippen molar-refractivity contribution in [3.63, 3.8) is 0 Å². The highest BCUT2D eigenvalue weighted by Crippen LogP contribution is 2.26. The van der Waals surface area contributed by atoms with E-state index in [2.05, 4.69) is 0 Å². The maximum absolute atomic E-state index is 11.9. The maximum atomic E-state index is 11.9. The largest absolute Gasteiger partial charge is 0.762 e. The molecule has 0 unspecified atom stereocenters. The van der Waals surface area contributed by atoms with E-state index in [1.807, 2.05) is 0 Å². The lowest BCUT2D eigenvalue weighted by Crippen LogP contribution is -2.61. The molecule has 0 radical (unpaired) electrons. The highest BCUT2D eigenvalue weighted by molar-refractivity contribution is 5.70. The molecule has 1 rings (SSSR count). The summed E-state index contributed by atoms with van der Waals surface area (Å²) in [7, 11) is 0. The Morgan fingerprint density at radius 3 is 1.70 bits per heavy atom. The van der Waals surface area contributed by atoms with Gasteiger partial charge in [0.25, 0.3) is 0 Å². The molecule has 1 fully saturated rings. The first-order chi connectivity index (χ1) is 15.4. The fourth-order valence-electron chi connectivity index (χ4n) is 2.49. The molecule has 0 bridgehead atoms. The van der Waals surface area contributed by atoms with Crippen LogP contribution < -0.4 is 0 Å². The van der Waals surface area contributed by atoms with Crippen molar-refractivity contribution in [1.29, 1.82) is 0 Å². The van der Waals surface area contributed by atoms with E-state index in [1.165, 1.54) is 0 Å². The second-order valence-electron chi connectivity index (χ2n) is 6.63. The van der Waals surface area contributed by atoms with Gasteiger partial charge in [-0.15, -0.1) is 0 Å². The van der Waals surface area contributed by atoms with E-state index >= 15 is 0 Å². The van der Waals surface area contributed by atoms with Crippen LogP contribution in [0.25, 0.3) is 0 Å². The van der Waals surface area contributed by atoms with E-state index < -0.39 is 110 Å². The van der Waals surface area contributed by atoms with Gasteiger partial charge in [0.05, 0.1) is 19.3 Å². The normalized spacial score (nSPS) is 25.4. The molecule has 1 saturated heterocycles. The predicted molar refractivity (Wildman–Crippen MR) is 97.0 cm³/mol. The number of ether oxygens (including phenoxy) is 4. The molecule has 1 heterocycles. The minimum Gasteiger partial charge on any atom is -0.762 e. The zero-order valence-electron chi connectivity index (χ0n) is 17.0. The zero-order valence-corrected chi connectivity index (χ0v) is 17.0. The highest BCUT2D eigenvalue weighted by Gasteiger charge is 2.48. The van der Waals surface area contributed by atoms with Gasteiger partial charge in [0, 0.05) is 19.6 Å². The summed E-state index contributed by atoms with van der Waals surface area (Å²) in [5.74, 6) is -3.24. The third kappa shape index (κ3) is 11.1. The van der Waals surface area contributed by atoms with E-state index in [-0.39, 0.29) is 0 Å². The first kappa shape index (κ1) is 29.0. The van der Waals surface area contributed by atoms with E-state index in [0.29, 0.717) is 0 Å². The van der Waals surface area contributed by atoms with Gasteiger partial charge in [-0.05, 0) is 0 Å². The summed E-state index contributed by atoms with van der Waals surface area (Å²) in [6.45, 7) is -2.72. The van der Waals surface area contributed by atoms with Gasteiger partial charge < -0.3 is 60.4 Å². The molecule has 0 aromatic rings. The van der Waals surface area contributed by atoms with E-state index in [9.17, 15) is 40.2 Å². The molecule has 0 aromatic carbocycles. The Bertz CT molecular complexity index is 634. The smallest absolute Gasteiger partial charge is 0.309 e. The zero-order chi connectivity index (χ0) is 25.1. The number of esters is 3. The Morgan fingerprint density at radius 2 is 1.21 bits per heavy atom. The lowest BCUT2D eigenvalue weighted by molar-refractivity contribution is -0.296. The summed E-state index contributed by atoms with van der Waals surface area (Å²) < 4.78 is 19.8. The Kier molecular flexibility index (Phi) is 12.5. The van der Waals surface area contributed by atoms with E-state index in [4.69, 9.17) is 34.6 Å². The Balaban J connectivity index is 2.86. The van der Waals surface area contributed by atoms with Crippen LogP contribution in [-0.4, -0.2) is 116 Å². The van der Waals surface area contributed by atoms with Crippen LogP contribution in [0.4, 0.5) is 0 Å². The van der Waals surface area contributed by atoms with Crippen molar-refractivity contribution >= 4 is 17.9 Å². The third-order valence-electron chi connectivity index (χ3n) is 4.09. The first-order valence-corrected chi connectivity index (χ1v) is 9.37. The number of nitrogens with zero attached hydrogens (tertiary/aromatic N) is 3. The summed E-state index contributed by atoms with van der Waals surface area (Å²) >= 11 is 0. The maximum Gasteiger partial charge on any atom is 0.309 e. The summed E-state index contributed by atoms with van der Waals surface area (Å²) in [6.07, 6.45) is -10.8. The van der Waals surface area contributed by atoms with Crippen LogP contribution in [-0.2, 0) is 33.3 Å². The Morgan fingerprint density at radius 1 is 0.758 bits per heavy atom. The van der Waals surface area contributed by atoms with Crippen molar-refractivity contribution in [3.05, 3.63) is 15.6 Å². The molecular weight excluding hydrogens is 462 g/mol. The molecule has 18 heteroatoms. The lowest BCUT2D eigenvalue weighted by Gasteiger charge is -2.41. The van der Waals surface area contributed by atoms with E-state index in [0.717, 1.165) is 0 Å². The fraction of sp³-hybridized carbons (Fsp3) is 0.800. The molecule has 1 aliphatic heterocycles. The molecule has 0 saturated carbocycles. The summed E-state index contributed by atoms with van der Waals surface area (Å²) in [4.78, 5) is 35.3. The number of carbonyl (C=O) groups is 3. The number of aliphatic hydroxyl groups excluding tert-OH is 2. The number of hydroxylamine groups is 6. The second kappa shape index (κ2) is 14.2. The number of aliphatic hydroxyl groups is 2. The van der Waals surface area contributed by atoms with Gasteiger partial charge in [0.15, 0.2) is 6.10 Å². The SMILES string of the molecule is O=C(CCN([O-])O)OC[C@H]1O[C@H](OC(=O)CCN([O-])O)[C@H](O)[C@@H](O)[C@@H]1OC(=O)CCN([O-])O. The van der Waals surface area contributed by atoms with Crippen LogP contribution in [0.5, 0.6) is 0 Å². The standard InChI is InChI=1S/C15H24N3O15/c19-9(1-4-16(24)25)30-7-8-14(32-10(20)2-5-17(26)27)12(22)13(23)15(31-8)33-11(21)3-6-18(28)29/h8,12-15,22-24,26,28H,1-7H2/q-3/t8-,12-,13-,14-,15-/m1/s1. The summed E-state index contributed by atoms with van der Waals surface area (Å²) in [5, 5.41) is 75.9. The molecule has 0 spiro atoms. The summed E-state index contributed by atoms with van der Waals surface area (Å²) in [6, 6.07) is 0. The van der Waals surface area contributed by atoms with Crippen molar-refractivity contribution in [1.82, 2.24) is 15.7 Å². The lowest BCUT2D eigenvalue weighted by atomic mass is 9.99. The van der Waals surface area contributed by atoms with Gasteiger partial charge in [-0.25, -0.2) is 0 Å². The molecule has 5 atom stereocenters. The molecule has 0 aliphatic carbocycles. The van der Waals surface area contributed by atoms with E-state index in [1.54, 1.807) is 0 Å². The topological polar surface area (TPSA) is 268 Å². The van der Waals surface area contributed by atoms with Gasteiger partial charge in [-0.1, -0.05) is 0 Å². The van der Waals surface area contributed by atoms with Crippen molar-refractivity contribution in [3.8, 4) is 0 Å². The molecular formula is C15H24N3O15-3. The van der Waals surface area contributed by atoms with Crippen LogP contribution in [0.2, 0.25) is 0 Å². The molecule has 1 aliphatic rings. The molecule has 18 nitrogen and oxygen atoms in total. The number of carbonyl (C=O) groups excluding carboxylic acids is 3. The summed E-state index contributed by atoms with van der Waals surface area (Å²) in [5.41, 5.74) is 0. The molecule has 192 valence electrons. The molecule has 5 N–H and O–H groups in total. The Labute approximate surface area is 185 Å².